The number of allylic oxidation sites excluding steroid dienone is 2. The van der Waals surface area contributed by atoms with E-state index in [-0.39, 0.29) is 11.2 Å². The minimum Gasteiger partial charge on any atom is -0.422 e. The highest BCUT2D eigenvalue weighted by Crippen LogP contribution is 2.58. The normalized spacial score (nSPS) is 28.0. The molecule has 3 aliphatic rings. The number of carbonyl (C=O) groups excluding carboxylic acids is 3. The standard InChI is InChI=1S/C22H23BrO5/c1-11(24)27-20-15-5-4-14-13(8-9-22(3)17(14)6-7-19(22)26)16(15)10-18(23)21(20)28-12(2)25/h8,10,14,17H,4-7,9H2,1-3H3/t14-,17+,22+/m1/s1. The van der Waals surface area contributed by atoms with Crippen LogP contribution in [-0.2, 0) is 20.8 Å². The number of fused-ring (bicyclic) bond motifs is 5. The lowest BCUT2D eigenvalue weighted by Gasteiger charge is -2.43. The lowest BCUT2D eigenvalue weighted by Crippen LogP contribution is -2.38. The van der Waals surface area contributed by atoms with Crippen molar-refractivity contribution in [1.29, 1.82) is 0 Å². The number of hydrogen-bond acceptors (Lipinski definition) is 5. The zero-order chi connectivity index (χ0) is 20.2. The minimum atomic E-state index is -0.472. The summed E-state index contributed by atoms with van der Waals surface area (Å²) in [5.74, 6) is 0.707. The second-order valence-electron chi connectivity index (χ2n) is 8.22. The molecule has 0 saturated heterocycles. The maximum absolute atomic E-state index is 12.5. The van der Waals surface area contributed by atoms with Crippen molar-refractivity contribution in [2.24, 2.45) is 17.3 Å². The van der Waals surface area contributed by atoms with Crippen LogP contribution in [0.25, 0.3) is 5.57 Å². The Kier molecular flexibility index (Phi) is 4.73. The van der Waals surface area contributed by atoms with Crippen molar-refractivity contribution in [3.63, 3.8) is 0 Å². The van der Waals surface area contributed by atoms with Gasteiger partial charge < -0.3 is 9.47 Å². The van der Waals surface area contributed by atoms with Gasteiger partial charge in [0.1, 0.15) is 5.78 Å². The monoisotopic (exact) mass is 446 g/mol. The largest absolute Gasteiger partial charge is 0.422 e. The smallest absolute Gasteiger partial charge is 0.308 e. The van der Waals surface area contributed by atoms with E-state index in [4.69, 9.17) is 9.47 Å². The molecule has 5 nitrogen and oxygen atoms in total. The van der Waals surface area contributed by atoms with Crippen LogP contribution in [0.3, 0.4) is 0 Å². The summed E-state index contributed by atoms with van der Waals surface area (Å²) in [7, 11) is 0. The Hall–Kier alpha value is -1.95. The molecule has 1 aromatic rings. The molecule has 28 heavy (non-hydrogen) atoms. The van der Waals surface area contributed by atoms with E-state index in [0.717, 1.165) is 30.4 Å². The number of halogens is 1. The van der Waals surface area contributed by atoms with Crippen LogP contribution in [-0.4, -0.2) is 17.7 Å². The molecular formula is C22H23BrO5. The zero-order valence-corrected chi connectivity index (χ0v) is 17.9. The van der Waals surface area contributed by atoms with Gasteiger partial charge in [-0.05, 0) is 70.7 Å². The Morgan fingerprint density at radius 3 is 2.46 bits per heavy atom. The van der Waals surface area contributed by atoms with Crippen molar-refractivity contribution < 1.29 is 23.9 Å². The van der Waals surface area contributed by atoms with Gasteiger partial charge >= 0.3 is 11.9 Å². The van der Waals surface area contributed by atoms with Gasteiger partial charge in [-0.1, -0.05) is 13.0 Å². The average molecular weight is 447 g/mol. The van der Waals surface area contributed by atoms with Crippen LogP contribution in [0.2, 0.25) is 0 Å². The van der Waals surface area contributed by atoms with Gasteiger partial charge in [-0.2, -0.15) is 0 Å². The number of hydrogen-bond donors (Lipinski definition) is 0. The fourth-order valence-electron chi connectivity index (χ4n) is 5.31. The van der Waals surface area contributed by atoms with Gasteiger partial charge in [0.2, 0.25) is 0 Å². The molecular weight excluding hydrogens is 424 g/mol. The van der Waals surface area contributed by atoms with E-state index in [1.165, 1.54) is 19.4 Å². The topological polar surface area (TPSA) is 69.7 Å². The molecule has 0 N–H and O–H groups in total. The number of carbonyl (C=O) groups is 3. The lowest BCUT2D eigenvalue weighted by molar-refractivity contribution is -0.134. The van der Waals surface area contributed by atoms with Crippen LogP contribution in [0.5, 0.6) is 11.5 Å². The number of Topliss-reactive ketones (excluding diaryl/α,β-unsaturated/α-hetero) is 1. The first-order valence-electron chi connectivity index (χ1n) is 9.68. The average Bonchev–Trinajstić information content (AvgIpc) is 2.92. The first-order valence-corrected chi connectivity index (χ1v) is 10.5. The highest BCUT2D eigenvalue weighted by molar-refractivity contribution is 9.10. The first kappa shape index (κ1) is 19.4. The number of esters is 2. The molecule has 0 unspecified atom stereocenters. The third-order valence-electron chi connectivity index (χ3n) is 6.57. The summed E-state index contributed by atoms with van der Waals surface area (Å²) in [4.78, 5) is 35.8. The molecule has 1 fully saturated rings. The number of rotatable bonds is 2. The fraction of sp³-hybridized carbons (Fsp3) is 0.500. The van der Waals surface area contributed by atoms with Crippen LogP contribution in [0.1, 0.15) is 57.6 Å². The van der Waals surface area contributed by atoms with E-state index >= 15 is 0 Å². The van der Waals surface area contributed by atoms with E-state index < -0.39 is 11.9 Å². The van der Waals surface area contributed by atoms with Crippen LogP contribution >= 0.6 is 15.9 Å². The number of ether oxygens (including phenoxy) is 2. The van der Waals surface area contributed by atoms with Gasteiger partial charge in [-0.15, -0.1) is 0 Å². The van der Waals surface area contributed by atoms with Crippen molar-refractivity contribution in [3.05, 3.63) is 27.7 Å². The minimum absolute atomic E-state index is 0.247. The molecule has 0 spiro atoms. The molecule has 0 bridgehead atoms. The highest BCUT2D eigenvalue weighted by atomic mass is 79.9. The van der Waals surface area contributed by atoms with Crippen LogP contribution in [0.15, 0.2) is 16.6 Å². The van der Waals surface area contributed by atoms with E-state index in [1.807, 2.05) is 6.07 Å². The highest BCUT2D eigenvalue weighted by Gasteiger charge is 2.52. The van der Waals surface area contributed by atoms with Gasteiger partial charge in [0, 0.05) is 31.2 Å². The van der Waals surface area contributed by atoms with E-state index in [9.17, 15) is 14.4 Å². The molecule has 3 aliphatic carbocycles. The second kappa shape index (κ2) is 6.83. The number of benzene rings is 1. The maximum atomic E-state index is 12.5. The molecule has 4 rings (SSSR count). The molecule has 0 heterocycles. The van der Waals surface area contributed by atoms with Crippen molar-refractivity contribution in [1.82, 2.24) is 0 Å². The molecule has 3 atom stereocenters. The maximum Gasteiger partial charge on any atom is 0.308 e. The van der Waals surface area contributed by atoms with Crippen molar-refractivity contribution >= 4 is 39.2 Å². The third-order valence-corrected chi connectivity index (χ3v) is 7.16. The third kappa shape index (κ3) is 2.93. The van der Waals surface area contributed by atoms with Crippen molar-refractivity contribution in [2.45, 2.75) is 52.9 Å². The summed E-state index contributed by atoms with van der Waals surface area (Å²) in [6.07, 6.45) is 6.14. The van der Waals surface area contributed by atoms with Gasteiger partial charge in [0.25, 0.3) is 0 Å². The van der Waals surface area contributed by atoms with E-state index in [0.29, 0.717) is 40.7 Å². The summed E-state index contributed by atoms with van der Waals surface area (Å²) >= 11 is 3.49. The SMILES string of the molecule is CC(=O)Oc1c(Br)cc2c(c1OC(C)=O)CC[C@@H]1C2=CC[C@]2(C)C(=O)CC[C@@H]12. The van der Waals surface area contributed by atoms with Gasteiger partial charge in [0.15, 0.2) is 11.5 Å². The summed E-state index contributed by atoms with van der Waals surface area (Å²) < 4.78 is 11.4. The summed E-state index contributed by atoms with van der Waals surface area (Å²) in [5.41, 5.74) is 2.89. The number of ketones is 1. The van der Waals surface area contributed by atoms with Crippen LogP contribution in [0, 0.1) is 17.3 Å². The summed E-state index contributed by atoms with van der Waals surface area (Å²) in [6, 6.07) is 1.96. The van der Waals surface area contributed by atoms with Gasteiger partial charge in [-0.25, -0.2) is 0 Å². The Balaban J connectivity index is 1.85. The Morgan fingerprint density at radius 1 is 1.11 bits per heavy atom. The lowest BCUT2D eigenvalue weighted by atomic mass is 9.60. The van der Waals surface area contributed by atoms with Crippen molar-refractivity contribution in [2.75, 3.05) is 0 Å². The predicted molar refractivity (Wildman–Crippen MR) is 107 cm³/mol. The molecule has 0 aromatic heterocycles. The molecule has 6 heteroatoms. The Morgan fingerprint density at radius 2 is 1.79 bits per heavy atom. The molecule has 0 amide bonds. The van der Waals surface area contributed by atoms with Crippen molar-refractivity contribution in [3.8, 4) is 11.5 Å². The summed E-state index contributed by atoms with van der Waals surface area (Å²) in [5, 5.41) is 0. The van der Waals surface area contributed by atoms with Gasteiger partial charge in [0.05, 0.1) is 4.47 Å². The molecule has 1 aromatic carbocycles. The predicted octanol–water partition coefficient (Wildman–Crippen LogP) is 4.63. The Bertz CT molecular complexity index is 931. The quantitative estimate of drug-likeness (QED) is 0.488. The Labute approximate surface area is 172 Å². The van der Waals surface area contributed by atoms with Crippen LogP contribution < -0.4 is 9.47 Å². The van der Waals surface area contributed by atoms with E-state index in [1.54, 1.807) is 0 Å². The molecule has 1 saturated carbocycles. The second-order valence-corrected chi connectivity index (χ2v) is 9.08. The van der Waals surface area contributed by atoms with Gasteiger partial charge in [-0.3, -0.25) is 14.4 Å². The summed E-state index contributed by atoms with van der Waals surface area (Å²) in [6.45, 7) is 4.77. The molecule has 148 valence electrons. The van der Waals surface area contributed by atoms with Crippen LogP contribution in [0.4, 0.5) is 0 Å². The molecule has 0 radical (unpaired) electrons. The fourth-order valence-corrected chi connectivity index (χ4v) is 5.80. The zero-order valence-electron chi connectivity index (χ0n) is 16.3. The van der Waals surface area contributed by atoms with E-state index in [2.05, 4.69) is 28.9 Å². The molecule has 0 aliphatic heterocycles. The first-order chi connectivity index (χ1) is 13.2.